The van der Waals surface area contributed by atoms with Crippen molar-refractivity contribution in [1.29, 1.82) is 0 Å². The standard InChI is InChI=1S/C12H18BrN3O/c1-3-10-12(13)11(15(2)14-10)8-16-6-4-9(17)5-7-16/h3-8H2,1-2H3. The summed E-state index contributed by atoms with van der Waals surface area (Å²) in [5.41, 5.74) is 2.31. The third kappa shape index (κ3) is 2.77. The summed E-state index contributed by atoms with van der Waals surface area (Å²) in [7, 11) is 1.98. The molecule has 0 unspecified atom stereocenters. The lowest BCUT2D eigenvalue weighted by atomic mass is 10.1. The van der Waals surface area contributed by atoms with Gasteiger partial charge in [0.2, 0.25) is 0 Å². The lowest BCUT2D eigenvalue weighted by Crippen LogP contribution is -2.33. The van der Waals surface area contributed by atoms with Crippen LogP contribution in [0.5, 0.6) is 0 Å². The number of carbonyl (C=O) groups is 1. The Morgan fingerprint density at radius 1 is 1.35 bits per heavy atom. The number of aryl methyl sites for hydroxylation is 2. The molecule has 0 bridgehead atoms. The van der Waals surface area contributed by atoms with E-state index in [4.69, 9.17) is 0 Å². The van der Waals surface area contributed by atoms with Gasteiger partial charge in [-0.2, -0.15) is 5.10 Å². The highest BCUT2D eigenvalue weighted by Crippen LogP contribution is 2.23. The van der Waals surface area contributed by atoms with Gasteiger partial charge in [0.05, 0.1) is 15.9 Å². The van der Waals surface area contributed by atoms with Crippen LogP contribution < -0.4 is 0 Å². The van der Waals surface area contributed by atoms with E-state index in [1.165, 1.54) is 5.69 Å². The van der Waals surface area contributed by atoms with E-state index in [2.05, 4.69) is 32.9 Å². The quantitative estimate of drug-likeness (QED) is 0.856. The van der Waals surface area contributed by atoms with Crippen LogP contribution in [0, 0.1) is 0 Å². The summed E-state index contributed by atoms with van der Waals surface area (Å²) >= 11 is 3.62. The second-order valence-corrected chi connectivity index (χ2v) is 5.29. The highest BCUT2D eigenvalue weighted by atomic mass is 79.9. The molecular weight excluding hydrogens is 282 g/mol. The number of carbonyl (C=O) groups excluding carboxylic acids is 1. The van der Waals surface area contributed by atoms with Crippen molar-refractivity contribution in [3.8, 4) is 0 Å². The molecule has 1 aliphatic heterocycles. The molecule has 94 valence electrons. The van der Waals surface area contributed by atoms with Gasteiger partial charge in [0.1, 0.15) is 5.78 Å². The van der Waals surface area contributed by atoms with Gasteiger partial charge in [-0.3, -0.25) is 14.4 Å². The molecule has 0 amide bonds. The fourth-order valence-corrected chi connectivity index (χ4v) is 2.91. The highest BCUT2D eigenvalue weighted by molar-refractivity contribution is 9.10. The Kier molecular flexibility index (Phi) is 3.99. The fourth-order valence-electron chi connectivity index (χ4n) is 2.16. The zero-order valence-corrected chi connectivity index (χ0v) is 12.0. The Morgan fingerprint density at radius 2 is 2.00 bits per heavy atom. The summed E-state index contributed by atoms with van der Waals surface area (Å²) < 4.78 is 3.07. The van der Waals surface area contributed by atoms with Crippen molar-refractivity contribution < 1.29 is 4.79 Å². The average Bonchev–Trinajstić information content (AvgIpc) is 2.59. The topological polar surface area (TPSA) is 38.1 Å². The van der Waals surface area contributed by atoms with Gasteiger partial charge in [-0.05, 0) is 22.4 Å². The van der Waals surface area contributed by atoms with Crippen LogP contribution >= 0.6 is 15.9 Å². The maximum Gasteiger partial charge on any atom is 0.135 e. The number of piperidine rings is 1. The summed E-state index contributed by atoms with van der Waals surface area (Å²) in [5.74, 6) is 0.388. The summed E-state index contributed by atoms with van der Waals surface area (Å²) in [6.07, 6.45) is 2.32. The Morgan fingerprint density at radius 3 is 2.53 bits per heavy atom. The van der Waals surface area contributed by atoms with E-state index in [9.17, 15) is 4.79 Å². The van der Waals surface area contributed by atoms with Gasteiger partial charge in [-0.15, -0.1) is 0 Å². The lowest BCUT2D eigenvalue weighted by molar-refractivity contribution is -0.121. The second kappa shape index (κ2) is 5.31. The van der Waals surface area contributed by atoms with Crippen LogP contribution in [0.15, 0.2) is 4.47 Å². The molecule has 5 heteroatoms. The first-order valence-corrected chi connectivity index (χ1v) is 6.85. The van der Waals surface area contributed by atoms with Crippen LogP contribution in [0.4, 0.5) is 0 Å². The molecule has 1 fully saturated rings. The van der Waals surface area contributed by atoms with Crippen molar-refractivity contribution in [2.75, 3.05) is 13.1 Å². The molecule has 0 radical (unpaired) electrons. The van der Waals surface area contributed by atoms with Gasteiger partial charge < -0.3 is 0 Å². The lowest BCUT2D eigenvalue weighted by Gasteiger charge is -2.25. The molecule has 4 nitrogen and oxygen atoms in total. The van der Waals surface area contributed by atoms with Crippen molar-refractivity contribution in [2.24, 2.45) is 7.05 Å². The third-order valence-corrected chi connectivity index (χ3v) is 4.21. The minimum Gasteiger partial charge on any atom is -0.300 e. The predicted molar refractivity (Wildman–Crippen MR) is 69.8 cm³/mol. The molecule has 17 heavy (non-hydrogen) atoms. The number of rotatable bonds is 3. The molecule has 1 aliphatic rings. The summed E-state index contributed by atoms with van der Waals surface area (Å²) in [5, 5.41) is 4.49. The smallest absolute Gasteiger partial charge is 0.135 e. The number of hydrogen-bond donors (Lipinski definition) is 0. The number of hydrogen-bond acceptors (Lipinski definition) is 3. The molecule has 1 aromatic rings. The molecule has 0 saturated carbocycles. The maximum absolute atomic E-state index is 11.2. The average molecular weight is 300 g/mol. The molecule has 0 spiro atoms. The first-order valence-electron chi connectivity index (χ1n) is 6.06. The molecule has 0 N–H and O–H groups in total. The van der Waals surface area contributed by atoms with E-state index in [0.29, 0.717) is 18.6 Å². The molecular formula is C12H18BrN3O. The molecule has 1 aromatic heterocycles. The summed E-state index contributed by atoms with van der Waals surface area (Å²) in [4.78, 5) is 13.5. The first kappa shape index (κ1) is 12.8. The number of aromatic nitrogens is 2. The summed E-state index contributed by atoms with van der Waals surface area (Å²) in [6, 6.07) is 0. The molecule has 2 rings (SSSR count). The number of Topliss-reactive ketones (excluding diaryl/α,β-unsaturated/α-hetero) is 1. The van der Waals surface area contributed by atoms with Crippen molar-refractivity contribution >= 4 is 21.7 Å². The van der Waals surface area contributed by atoms with Crippen LogP contribution in [0.3, 0.4) is 0 Å². The van der Waals surface area contributed by atoms with Gasteiger partial charge in [-0.25, -0.2) is 0 Å². The Labute approximate surface area is 110 Å². The van der Waals surface area contributed by atoms with Crippen molar-refractivity contribution in [3.05, 3.63) is 15.9 Å². The van der Waals surface area contributed by atoms with Crippen LogP contribution in [0.1, 0.15) is 31.2 Å². The van der Waals surface area contributed by atoms with Crippen molar-refractivity contribution in [1.82, 2.24) is 14.7 Å². The number of halogens is 1. The zero-order chi connectivity index (χ0) is 12.4. The number of ketones is 1. The Hall–Kier alpha value is -0.680. The number of likely N-dealkylation sites (tertiary alicyclic amines) is 1. The first-order chi connectivity index (χ1) is 8.11. The van der Waals surface area contributed by atoms with E-state index < -0.39 is 0 Å². The summed E-state index contributed by atoms with van der Waals surface area (Å²) in [6.45, 7) is 4.73. The second-order valence-electron chi connectivity index (χ2n) is 4.50. The zero-order valence-electron chi connectivity index (χ0n) is 10.4. The Balaban J connectivity index is 2.08. The van der Waals surface area contributed by atoms with Gasteiger partial charge in [0.15, 0.2) is 0 Å². The van der Waals surface area contributed by atoms with Crippen LogP contribution in [-0.4, -0.2) is 33.6 Å². The van der Waals surface area contributed by atoms with Crippen molar-refractivity contribution in [2.45, 2.75) is 32.7 Å². The molecule has 0 aliphatic carbocycles. The van der Waals surface area contributed by atoms with E-state index in [1.54, 1.807) is 0 Å². The van der Waals surface area contributed by atoms with Gasteiger partial charge in [0.25, 0.3) is 0 Å². The molecule has 0 atom stereocenters. The van der Waals surface area contributed by atoms with E-state index in [0.717, 1.165) is 36.2 Å². The molecule has 2 heterocycles. The maximum atomic E-state index is 11.2. The van der Waals surface area contributed by atoms with Gasteiger partial charge >= 0.3 is 0 Å². The molecule has 0 aromatic carbocycles. The highest BCUT2D eigenvalue weighted by Gasteiger charge is 2.20. The normalized spacial score (nSPS) is 17.7. The molecule has 1 saturated heterocycles. The third-order valence-electron chi connectivity index (χ3n) is 3.29. The van der Waals surface area contributed by atoms with E-state index in [1.807, 2.05) is 11.7 Å². The van der Waals surface area contributed by atoms with Crippen molar-refractivity contribution in [3.63, 3.8) is 0 Å². The SMILES string of the molecule is CCc1nn(C)c(CN2CCC(=O)CC2)c1Br. The predicted octanol–water partition coefficient (Wildman–Crippen LogP) is 1.91. The van der Waals surface area contributed by atoms with Crippen LogP contribution in [0.25, 0.3) is 0 Å². The van der Waals surface area contributed by atoms with E-state index >= 15 is 0 Å². The van der Waals surface area contributed by atoms with Crippen LogP contribution in [0.2, 0.25) is 0 Å². The Bertz CT molecular complexity index is 418. The van der Waals surface area contributed by atoms with Gasteiger partial charge in [-0.1, -0.05) is 6.92 Å². The number of nitrogens with zero attached hydrogens (tertiary/aromatic N) is 3. The minimum absolute atomic E-state index is 0.388. The fraction of sp³-hybridized carbons (Fsp3) is 0.667. The van der Waals surface area contributed by atoms with E-state index in [-0.39, 0.29) is 0 Å². The largest absolute Gasteiger partial charge is 0.300 e. The van der Waals surface area contributed by atoms with Gasteiger partial charge in [0, 0.05) is 39.5 Å². The van der Waals surface area contributed by atoms with Crippen LogP contribution in [-0.2, 0) is 24.8 Å². The minimum atomic E-state index is 0.388. The monoisotopic (exact) mass is 299 g/mol.